The van der Waals surface area contributed by atoms with Gasteiger partial charge in [-0.25, -0.2) is 4.98 Å². The highest BCUT2D eigenvalue weighted by Crippen LogP contribution is 2.32. The van der Waals surface area contributed by atoms with Gasteiger partial charge in [0.2, 0.25) is 0 Å². The Hall–Kier alpha value is -5.05. The van der Waals surface area contributed by atoms with Crippen molar-refractivity contribution in [2.24, 2.45) is 0 Å². The van der Waals surface area contributed by atoms with Crippen LogP contribution in [0.1, 0.15) is 28.5 Å². The molecular weight excluding hydrogens is 482 g/mol. The van der Waals surface area contributed by atoms with E-state index in [1.165, 1.54) is 12.1 Å². The van der Waals surface area contributed by atoms with E-state index in [2.05, 4.69) is 10.4 Å². The molecule has 0 aliphatic carbocycles. The number of ether oxygens (including phenoxy) is 1. The number of nitrogens with one attached hydrogen (secondary N) is 1. The first-order valence-electron chi connectivity index (χ1n) is 12.1. The molecular formula is C29H25N5O4. The first kappa shape index (κ1) is 24.6. The number of rotatable bonds is 7. The third-order valence-electron chi connectivity index (χ3n) is 6.26. The van der Waals surface area contributed by atoms with E-state index in [9.17, 15) is 14.9 Å². The average Bonchev–Trinajstić information content (AvgIpc) is 3.29. The number of nitro benzene ring substituents is 1. The third kappa shape index (κ3) is 4.94. The minimum absolute atomic E-state index is 0.201. The number of aromatic nitrogens is 3. The van der Waals surface area contributed by atoms with Gasteiger partial charge in [0.15, 0.2) is 0 Å². The number of nitrogens with zero attached hydrogens (tertiary/aromatic N) is 4. The summed E-state index contributed by atoms with van der Waals surface area (Å²) in [5, 5.41) is 19.5. The van der Waals surface area contributed by atoms with Crippen LogP contribution in [0.3, 0.4) is 0 Å². The first-order chi connectivity index (χ1) is 18.3. The van der Waals surface area contributed by atoms with Crippen LogP contribution in [-0.2, 0) is 6.54 Å². The molecule has 0 aliphatic heterocycles. The van der Waals surface area contributed by atoms with Gasteiger partial charge in [0.25, 0.3) is 11.6 Å². The van der Waals surface area contributed by atoms with Crippen LogP contribution >= 0.6 is 0 Å². The molecule has 1 amide bonds. The molecule has 0 aliphatic rings. The number of nitro groups is 1. The lowest BCUT2D eigenvalue weighted by atomic mass is 10.0. The van der Waals surface area contributed by atoms with Gasteiger partial charge in [0, 0.05) is 35.3 Å². The largest absolute Gasteiger partial charge is 0.457 e. The van der Waals surface area contributed by atoms with Gasteiger partial charge in [-0.1, -0.05) is 35.9 Å². The summed E-state index contributed by atoms with van der Waals surface area (Å²) in [5.74, 6) is 0.342. The SMILES string of the molecule is CCn1ncc(-c2cc(C(=O)Nc3cc(Oc4ccc(C)cc4)cc([N+](=O)[O-])c3)c3ccccc3n2)c1C. The van der Waals surface area contributed by atoms with E-state index >= 15 is 0 Å². The van der Waals surface area contributed by atoms with Crippen molar-refractivity contribution < 1.29 is 14.5 Å². The maximum Gasteiger partial charge on any atom is 0.275 e. The molecule has 190 valence electrons. The van der Waals surface area contributed by atoms with E-state index < -0.39 is 10.8 Å². The third-order valence-corrected chi connectivity index (χ3v) is 6.26. The second kappa shape index (κ2) is 10.1. The van der Waals surface area contributed by atoms with Gasteiger partial charge >= 0.3 is 0 Å². The molecule has 0 bridgehead atoms. The molecule has 9 heteroatoms. The number of pyridine rings is 1. The Morgan fingerprint density at radius 1 is 1.03 bits per heavy atom. The van der Waals surface area contributed by atoms with Crippen LogP contribution in [0.5, 0.6) is 11.5 Å². The van der Waals surface area contributed by atoms with Crippen molar-refractivity contribution >= 4 is 28.2 Å². The van der Waals surface area contributed by atoms with Crippen molar-refractivity contribution in [3.63, 3.8) is 0 Å². The van der Waals surface area contributed by atoms with Crippen LogP contribution in [0.15, 0.2) is 79.0 Å². The predicted molar refractivity (Wildman–Crippen MR) is 146 cm³/mol. The molecule has 5 aromatic rings. The number of non-ortho nitro benzene ring substituents is 1. The zero-order chi connectivity index (χ0) is 26.8. The number of amides is 1. The van der Waals surface area contributed by atoms with E-state index in [1.54, 1.807) is 30.5 Å². The lowest BCUT2D eigenvalue weighted by Crippen LogP contribution is -2.13. The maximum absolute atomic E-state index is 13.6. The van der Waals surface area contributed by atoms with Gasteiger partial charge in [0.1, 0.15) is 11.5 Å². The average molecular weight is 508 g/mol. The molecule has 1 N–H and O–H groups in total. The molecule has 9 nitrogen and oxygen atoms in total. The highest BCUT2D eigenvalue weighted by Gasteiger charge is 2.19. The highest BCUT2D eigenvalue weighted by atomic mass is 16.6. The molecule has 3 aromatic carbocycles. The van der Waals surface area contributed by atoms with Gasteiger partial charge in [-0.05, 0) is 45.0 Å². The Bertz CT molecular complexity index is 1680. The molecule has 2 heterocycles. The normalized spacial score (nSPS) is 10.9. The molecule has 0 spiro atoms. The number of fused-ring (bicyclic) bond motifs is 1. The predicted octanol–water partition coefficient (Wildman–Crippen LogP) is 6.69. The number of hydrogen-bond acceptors (Lipinski definition) is 6. The van der Waals surface area contributed by atoms with Crippen molar-refractivity contribution in [3.05, 3.63) is 106 Å². The number of carbonyl (C=O) groups is 1. The van der Waals surface area contributed by atoms with Crippen molar-refractivity contribution in [2.45, 2.75) is 27.3 Å². The second-order valence-corrected chi connectivity index (χ2v) is 8.87. The van der Waals surface area contributed by atoms with E-state index in [0.717, 1.165) is 16.8 Å². The summed E-state index contributed by atoms with van der Waals surface area (Å²) >= 11 is 0. The zero-order valence-corrected chi connectivity index (χ0v) is 21.1. The number of hydrogen-bond donors (Lipinski definition) is 1. The fourth-order valence-electron chi connectivity index (χ4n) is 4.28. The van der Waals surface area contributed by atoms with Crippen LogP contribution < -0.4 is 10.1 Å². The first-order valence-corrected chi connectivity index (χ1v) is 12.1. The van der Waals surface area contributed by atoms with E-state index in [-0.39, 0.29) is 17.1 Å². The molecule has 0 saturated heterocycles. The standard InChI is InChI=1S/C29H25N5O4/c1-4-33-19(3)26(17-30-33)28-16-25(24-7-5-6-8-27(24)32-28)29(35)31-20-13-21(34(36)37)15-23(14-20)38-22-11-9-18(2)10-12-22/h5-17H,4H2,1-3H3,(H,31,35). The van der Waals surface area contributed by atoms with Crippen LogP contribution in [0, 0.1) is 24.0 Å². The Morgan fingerprint density at radius 3 is 2.50 bits per heavy atom. The topological polar surface area (TPSA) is 112 Å². The van der Waals surface area contributed by atoms with E-state index in [1.807, 2.05) is 61.9 Å². The summed E-state index contributed by atoms with van der Waals surface area (Å²) in [6.45, 7) is 6.64. The Labute approximate surface area is 218 Å². The fraction of sp³-hybridized carbons (Fsp3) is 0.138. The summed E-state index contributed by atoms with van der Waals surface area (Å²) in [6, 6.07) is 20.6. The lowest BCUT2D eigenvalue weighted by Gasteiger charge is -2.12. The maximum atomic E-state index is 13.6. The van der Waals surface area contributed by atoms with Crippen molar-refractivity contribution in [2.75, 3.05) is 5.32 Å². The van der Waals surface area contributed by atoms with E-state index in [4.69, 9.17) is 9.72 Å². The fourth-order valence-corrected chi connectivity index (χ4v) is 4.28. The number of carbonyl (C=O) groups excluding carboxylic acids is 1. The van der Waals surface area contributed by atoms with Gasteiger partial charge in [-0.15, -0.1) is 0 Å². The van der Waals surface area contributed by atoms with Crippen molar-refractivity contribution in [1.29, 1.82) is 0 Å². The monoisotopic (exact) mass is 507 g/mol. The molecule has 0 unspecified atom stereocenters. The van der Waals surface area contributed by atoms with Gasteiger partial charge < -0.3 is 10.1 Å². The Kier molecular flexibility index (Phi) is 6.57. The van der Waals surface area contributed by atoms with E-state index in [0.29, 0.717) is 34.5 Å². The van der Waals surface area contributed by atoms with Crippen LogP contribution in [0.2, 0.25) is 0 Å². The van der Waals surface area contributed by atoms with Crippen LogP contribution in [0.4, 0.5) is 11.4 Å². The van der Waals surface area contributed by atoms with Crippen LogP contribution in [0.25, 0.3) is 22.2 Å². The summed E-state index contributed by atoms with van der Waals surface area (Å²) < 4.78 is 7.72. The minimum Gasteiger partial charge on any atom is -0.457 e. The molecule has 5 rings (SSSR count). The van der Waals surface area contributed by atoms with Crippen molar-refractivity contribution in [1.82, 2.24) is 14.8 Å². The van der Waals surface area contributed by atoms with Crippen molar-refractivity contribution in [3.8, 4) is 22.8 Å². The molecule has 38 heavy (non-hydrogen) atoms. The zero-order valence-electron chi connectivity index (χ0n) is 21.1. The lowest BCUT2D eigenvalue weighted by molar-refractivity contribution is -0.384. The highest BCUT2D eigenvalue weighted by molar-refractivity contribution is 6.13. The molecule has 0 radical (unpaired) electrons. The van der Waals surface area contributed by atoms with Gasteiger partial charge in [-0.3, -0.25) is 19.6 Å². The summed E-state index contributed by atoms with van der Waals surface area (Å²) in [6.07, 6.45) is 1.74. The summed E-state index contributed by atoms with van der Waals surface area (Å²) in [4.78, 5) is 29.4. The van der Waals surface area contributed by atoms with Crippen LogP contribution in [-0.4, -0.2) is 25.6 Å². The number of benzene rings is 3. The number of para-hydroxylation sites is 1. The molecule has 2 aromatic heterocycles. The number of anilines is 1. The second-order valence-electron chi connectivity index (χ2n) is 8.87. The van der Waals surface area contributed by atoms with Gasteiger partial charge in [0.05, 0.1) is 39.6 Å². The Morgan fingerprint density at radius 2 is 1.79 bits per heavy atom. The summed E-state index contributed by atoms with van der Waals surface area (Å²) in [7, 11) is 0. The minimum atomic E-state index is -0.522. The smallest absolute Gasteiger partial charge is 0.275 e. The number of aryl methyl sites for hydroxylation is 2. The van der Waals surface area contributed by atoms with Gasteiger partial charge in [-0.2, -0.15) is 5.10 Å². The molecule has 0 saturated carbocycles. The molecule has 0 atom stereocenters. The summed E-state index contributed by atoms with van der Waals surface area (Å²) in [5.41, 5.74) is 4.53. The Balaban J connectivity index is 1.53. The molecule has 0 fully saturated rings. The quantitative estimate of drug-likeness (QED) is 0.194.